The molecule has 18 heavy (non-hydrogen) atoms. The molecule has 0 radical (unpaired) electrons. The zero-order valence-corrected chi connectivity index (χ0v) is 10.8. The normalized spacial score (nSPS) is 21.6. The monoisotopic (exact) mass is 252 g/mol. The molecule has 0 aliphatic carbocycles. The maximum absolute atomic E-state index is 5.70. The molecule has 2 rings (SSSR count). The lowest BCUT2D eigenvalue weighted by Crippen LogP contribution is -2.43. The number of hydrogen-bond acceptors (Lipinski definition) is 5. The smallest absolute Gasteiger partial charge is 0.123 e. The first-order valence-corrected chi connectivity index (χ1v) is 6.06. The molecule has 3 N–H and O–H groups in total. The van der Waals surface area contributed by atoms with Gasteiger partial charge in [0.2, 0.25) is 0 Å². The quantitative estimate of drug-likeness (QED) is 0.616. The third-order valence-corrected chi connectivity index (χ3v) is 3.11. The molecule has 2 atom stereocenters. The van der Waals surface area contributed by atoms with Gasteiger partial charge in [0.05, 0.1) is 33.0 Å². The van der Waals surface area contributed by atoms with Gasteiger partial charge in [-0.3, -0.25) is 11.3 Å². The summed E-state index contributed by atoms with van der Waals surface area (Å²) in [6.07, 6.45) is -0.0977. The van der Waals surface area contributed by atoms with Gasteiger partial charge in [-0.2, -0.15) is 0 Å². The number of hydrogen-bond donors (Lipinski definition) is 2. The van der Waals surface area contributed by atoms with Crippen LogP contribution in [0.2, 0.25) is 0 Å². The van der Waals surface area contributed by atoms with Crippen LogP contribution in [0, 0.1) is 6.92 Å². The van der Waals surface area contributed by atoms with Crippen LogP contribution >= 0.6 is 0 Å². The zero-order valence-electron chi connectivity index (χ0n) is 10.8. The average Bonchev–Trinajstić information content (AvgIpc) is 2.41. The first kappa shape index (κ1) is 13.3. The summed E-state index contributed by atoms with van der Waals surface area (Å²) in [6, 6.07) is 5.87. The average molecular weight is 252 g/mol. The molecule has 2 unspecified atom stereocenters. The van der Waals surface area contributed by atoms with Crippen molar-refractivity contribution in [3.63, 3.8) is 0 Å². The highest BCUT2D eigenvalue weighted by Crippen LogP contribution is 2.30. The van der Waals surface area contributed by atoms with Crippen molar-refractivity contribution in [2.45, 2.75) is 19.1 Å². The van der Waals surface area contributed by atoms with E-state index in [4.69, 9.17) is 20.1 Å². The van der Waals surface area contributed by atoms with E-state index in [1.807, 2.05) is 19.1 Å². The Morgan fingerprint density at radius 2 is 2.28 bits per heavy atom. The standard InChI is InChI=1S/C13H20N2O3/c1-9-3-4-11(16-2)10(7-9)13(15-14)12-8-17-5-6-18-12/h3-4,7,12-13,15H,5-6,8,14H2,1-2H3. The summed E-state index contributed by atoms with van der Waals surface area (Å²) in [5, 5.41) is 0. The SMILES string of the molecule is COc1ccc(C)cc1C(NN)C1COCCO1. The maximum Gasteiger partial charge on any atom is 0.123 e. The molecule has 1 aliphatic heterocycles. The van der Waals surface area contributed by atoms with Gasteiger partial charge < -0.3 is 14.2 Å². The van der Waals surface area contributed by atoms with Crippen LogP contribution in [0.15, 0.2) is 18.2 Å². The molecule has 0 aromatic heterocycles. The van der Waals surface area contributed by atoms with E-state index in [1.54, 1.807) is 7.11 Å². The Morgan fingerprint density at radius 3 is 2.89 bits per heavy atom. The third-order valence-electron chi connectivity index (χ3n) is 3.11. The van der Waals surface area contributed by atoms with Gasteiger partial charge in [0.25, 0.3) is 0 Å². The Kier molecular flexibility index (Phi) is 4.54. The molecule has 5 nitrogen and oxygen atoms in total. The van der Waals surface area contributed by atoms with Crippen molar-refractivity contribution >= 4 is 0 Å². The highest BCUT2D eigenvalue weighted by atomic mass is 16.6. The van der Waals surface area contributed by atoms with Crippen molar-refractivity contribution in [3.8, 4) is 5.75 Å². The van der Waals surface area contributed by atoms with Gasteiger partial charge in [-0.25, -0.2) is 0 Å². The molecule has 5 heteroatoms. The minimum absolute atomic E-state index is 0.0977. The minimum Gasteiger partial charge on any atom is -0.496 e. The topological polar surface area (TPSA) is 65.7 Å². The highest BCUT2D eigenvalue weighted by Gasteiger charge is 2.28. The van der Waals surface area contributed by atoms with Crippen molar-refractivity contribution in [3.05, 3.63) is 29.3 Å². The second kappa shape index (κ2) is 6.15. The summed E-state index contributed by atoms with van der Waals surface area (Å²) in [6.45, 7) is 3.80. The maximum atomic E-state index is 5.70. The van der Waals surface area contributed by atoms with Crippen molar-refractivity contribution in [1.82, 2.24) is 5.43 Å². The predicted molar refractivity (Wildman–Crippen MR) is 68.4 cm³/mol. The molecule has 0 saturated carbocycles. The first-order chi connectivity index (χ1) is 8.76. The molecule has 1 fully saturated rings. The Bertz CT molecular complexity index is 392. The Labute approximate surface area is 107 Å². The molecule has 0 bridgehead atoms. The van der Waals surface area contributed by atoms with Crippen LogP contribution in [0.1, 0.15) is 17.2 Å². The van der Waals surface area contributed by atoms with Crippen LogP contribution in [-0.2, 0) is 9.47 Å². The van der Waals surface area contributed by atoms with Gasteiger partial charge in [-0.05, 0) is 13.0 Å². The molecule has 0 amide bonds. The number of nitrogens with two attached hydrogens (primary N) is 1. The van der Waals surface area contributed by atoms with E-state index in [0.717, 1.165) is 16.9 Å². The summed E-state index contributed by atoms with van der Waals surface area (Å²) in [5.74, 6) is 6.47. The second-order valence-electron chi connectivity index (χ2n) is 4.37. The minimum atomic E-state index is -0.139. The van der Waals surface area contributed by atoms with Gasteiger partial charge in [0.15, 0.2) is 0 Å². The Balaban J connectivity index is 2.27. The van der Waals surface area contributed by atoms with E-state index < -0.39 is 0 Å². The van der Waals surface area contributed by atoms with Crippen molar-refractivity contribution in [2.24, 2.45) is 5.84 Å². The van der Waals surface area contributed by atoms with Crippen molar-refractivity contribution in [2.75, 3.05) is 26.9 Å². The van der Waals surface area contributed by atoms with E-state index in [-0.39, 0.29) is 12.1 Å². The van der Waals surface area contributed by atoms with Crippen LogP contribution in [0.4, 0.5) is 0 Å². The molecule has 100 valence electrons. The molecule has 1 aliphatic rings. The summed E-state index contributed by atoms with van der Waals surface area (Å²) in [5.41, 5.74) is 4.96. The van der Waals surface area contributed by atoms with Gasteiger partial charge >= 0.3 is 0 Å². The first-order valence-electron chi connectivity index (χ1n) is 6.06. The van der Waals surface area contributed by atoms with Crippen LogP contribution in [0.3, 0.4) is 0 Å². The number of rotatable bonds is 4. The largest absolute Gasteiger partial charge is 0.496 e. The van der Waals surface area contributed by atoms with Crippen LogP contribution in [0.25, 0.3) is 0 Å². The third kappa shape index (κ3) is 2.81. The fourth-order valence-corrected chi connectivity index (χ4v) is 2.19. The molecular weight excluding hydrogens is 232 g/mol. The highest BCUT2D eigenvalue weighted by molar-refractivity contribution is 5.39. The van der Waals surface area contributed by atoms with Gasteiger partial charge in [-0.15, -0.1) is 0 Å². The Morgan fingerprint density at radius 1 is 1.44 bits per heavy atom. The summed E-state index contributed by atoms with van der Waals surface area (Å²) < 4.78 is 16.5. The summed E-state index contributed by atoms with van der Waals surface area (Å²) in [4.78, 5) is 0. The fraction of sp³-hybridized carbons (Fsp3) is 0.538. The Hall–Kier alpha value is -1.14. The second-order valence-corrected chi connectivity index (χ2v) is 4.37. The van der Waals surface area contributed by atoms with E-state index in [1.165, 1.54) is 0 Å². The molecule has 0 spiro atoms. The van der Waals surface area contributed by atoms with Gasteiger partial charge in [0, 0.05) is 5.56 Å². The number of hydrazine groups is 1. The van der Waals surface area contributed by atoms with Crippen molar-refractivity contribution in [1.29, 1.82) is 0 Å². The molecular formula is C13H20N2O3. The lowest BCUT2D eigenvalue weighted by Gasteiger charge is -2.31. The lowest BCUT2D eigenvalue weighted by atomic mass is 9.99. The number of ether oxygens (including phenoxy) is 3. The summed E-state index contributed by atoms with van der Waals surface area (Å²) in [7, 11) is 1.65. The van der Waals surface area contributed by atoms with Gasteiger partial charge in [0.1, 0.15) is 11.9 Å². The zero-order chi connectivity index (χ0) is 13.0. The van der Waals surface area contributed by atoms with E-state index in [2.05, 4.69) is 11.5 Å². The van der Waals surface area contributed by atoms with E-state index >= 15 is 0 Å². The summed E-state index contributed by atoms with van der Waals surface area (Å²) >= 11 is 0. The molecule has 1 aromatic rings. The number of benzene rings is 1. The number of nitrogens with one attached hydrogen (secondary N) is 1. The van der Waals surface area contributed by atoms with Crippen LogP contribution < -0.4 is 16.0 Å². The van der Waals surface area contributed by atoms with E-state index in [0.29, 0.717) is 19.8 Å². The number of aryl methyl sites for hydroxylation is 1. The van der Waals surface area contributed by atoms with E-state index in [9.17, 15) is 0 Å². The molecule has 1 heterocycles. The lowest BCUT2D eigenvalue weighted by molar-refractivity contribution is -0.102. The molecule has 1 aromatic carbocycles. The van der Waals surface area contributed by atoms with Crippen LogP contribution in [0.5, 0.6) is 5.75 Å². The molecule has 1 saturated heterocycles. The van der Waals surface area contributed by atoms with Crippen LogP contribution in [-0.4, -0.2) is 33.0 Å². The predicted octanol–water partition coefficient (Wildman–Crippen LogP) is 0.923. The fourth-order valence-electron chi connectivity index (χ4n) is 2.19. The van der Waals surface area contributed by atoms with Gasteiger partial charge in [-0.1, -0.05) is 17.7 Å². The number of methoxy groups -OCH3 is 1. The van der Waals surface area contributed by atoms with Crippen molar-refractivity contribution < 1.29 is 14.2 Å².